The minimum Gasteiger partial charge on any atom is -0.475 e. The summed E-state index contributed by atoms with van der Waals surface area (Å²) in [6.07, 6.45) is 17.9. The summed E-state index contributed by atoms with van der Waals surface area (Å²) >= 11 is 0. The van der Waals surface area contributed by atoms with Crippen molar-refractivity contribution in [3.8, 4) is 6.07 Å². The number of hydrogen-bond acceptors (Lipinski definition) is 3. The van der Waals surface area contributed by atoms with E-state index in [1.54, 1.807) is 6.07 Å². The molecule has 0 spiro atoms. The molecule has 4 nitrogen and oxygen atoms in total. The second-order valence-corrected chi connectivity index (χ2v) is 6.74. The third kappa shape index (κ3) is 13.1. The van der Waals surface area contributed by atoms with Gasteiger partial charge in [0.1, 0.15) is 5.92 Å². The fraction of sp³-hybridized carbons (Fsp3) is 0.850. The van der Waals surface area contributed by atoms with E-state index in [1.807, 2.05) is 0 Å². The molecule has 4 heteroatoms. The van der Waals surface area contributed by atoms with Crippen molar-refractivity contribution in [2.24, 2.45) is 5.92 Å². The van der Waals surface area contributed by atoms with Gasteiger partial charge in [0.15, 0.2) is 0 Å². The van der Waals surface area contributed by atoms with E-state index >= 15 is 0 Å². The molecule has 0 aromatic heterocycles. The van der Waals surface area contributed by atoms with Gasteiger partial charge in [-0.05, 0) is 6.42 Å². The van der Waals surface area contributed by atoms with Gasteiger partial charge < -0.3 is 5.11 Å². The summed E-state index contributed by atoms with van der Waals surface area (Å²) in [6.45, 7) is 2.25. The number of unbranched alkanes of at least 4 members (excludes halogenated alkanes) is 13. The molecule has 0 saturated carbocycles. The number of hydrogen-bond donors (Lipinski definition) is 1. The van der Waals surface area contributed by atoms with Crippen LogP contribution in [-0.2, 0) is 9.59 Å². The largest absolute Gasteiger partial charge is 0.475 e. The van der Waals surface area contributed by atoms with Gasteiger partial charge in [0, 0.05) is 0 Å². The third-order valence-corrected chi connectivity index (χ3v) is 4.53. The first-order chi connectivity index (χ1) is 11.6. The summed E-state index contributed by atoms with van der Waals surface area (Å²) in [6, 6.07) is 1.80. The van der Waals surface area contributed by atoms with Crippen LogP contribution in [0.5, 0.6) is 0 Å². The van der Waals surface area contributed by atoms with Crippen LogP contribution in [0.4, 0.5) is 0 Å². The molecule has 0 aromatic carbocycles. The van der Waals surface area contributed by atoms with E-state index < -0.39 is 17.7 Å². The van der Waals surface area contributed by atoms with Crippen LogP contribution in [0.3, 0.4) is 0 Å². The normalized spacial score (nSPS) is 11.8. The summed E-state index contributed by atoms with van der Waals surface area (Å²) in [5.41, 5.74) is 0. The van der Waals surface area contributed by atoms with Crippen molar-refractivity contribution in [1.82, 2.24) is 0 Å². The molecule has 0 aliphatic heterocycles. The standard InChI is InChI=1S/C20H35NO3/c1-2-3-4-5-6-7-8-9-10-11-12-13-14-15-16-18(17-21)19(22)20(23)24/h18H,2-16H2,1H3,(H,23,24). The topological polar surface area (TPSA) is 78.2 Å². The Morgan fingerprint density at radius 1 is 0.792 bits per heavy atom. The van der Waals surface area contributed by atoms with Gasteiger partial charge >= 0.3 is 5.97 Å². The van der Waals surface area contributed by atoms with Crippen LogP contribution in [0.1, 0.15) is 103 Å². The zero-order chi connectivity index (χ0) is 18.0. The van der Waals surface area contributed by atoms with Crippen molar-refractivity contribution in [3.63, 3.8) is 0 Å². The number of ketones is 1. The van der Waals surface area contributed by atoms with E-state index in [2.05, 4.69) is 6.92 Å². The van der Waals surface area contributed by atoms with Gasteiger partial charge in [0.2, 0.25) is 0 Å². The second-order valence-electron chi connectivity index (χ2n) is 6.74. The lowest BCUT2D eigenvalue weighted by Crippen LogP contribution is -2.22. The Hall–Kier alpha value is -1.37. The lowest BCUT2D eigenvalue weighted by molar-refractivity contribution is -0.150. The van der Waals surface area contributed by atoms with Crippen LogP contribution < -0.4 is 0 Å². The molecule has 0 heterocycles. The lowest BCUT2D eigenvalue weighted by Gasteiger charge is -2.05. The fourth-order valence-electron chi connectivity index (χ4n) is 2.95. The molecule has 138 valence electrons. The Labute approximate surface area is 147 Å². The molecule has 0 amide bonds. The second kappa shape index (κ2) is 16.5. The monoisotopic (exact) mass is 337 g/mol. The first-order valence-electron chi connectivity index (χ1n) is 9.80. The number of carboxylic acids is 1. The zero-order valence-electron chi connectivity index (χ0n) is 15.4. The van der Waals surface area contributed by atoms with Gasteiger partial charge in [-0.25, -0.2) is 4.79 Å². The minimum atomic E-state index is -1.49. The summed E-state index contributed by atoms with van der Waals surface area (Å²) in [4.78, 5) is 21.8. The summed E-state index contributed by atoms with van der Waals surface area (Å²) in [5, 5.41) is 17.4. The molecule has 0 saturated heterocycles. The van der Waals surface area contributed by atoms with E-state index in [9.17, 15) is 9.59 Å². The van der Waals surface area contributed by atoms with Crippen LogP contribution in [0, 0.1) is 17.2 Å². The predicted molar refractivity (Wildman–Crippen MR) is 96.7 cm³/mol. The molecule has 1 N–H and O–H groups in total. The van der Waals surface area contributed by atoms with Gasteiger partial charge in [-0.15, -0.1) is 0 Å². The van der Waals surface area contributed by atoms with E-state index in [-0.39, 0.29) is 0 Å². The Kier molecular flexibility index (Phi) is 15.5. The SMILES string of the molecule is CCCCCCCCCCCCCCCCC(C#N)C(=O)C(=O)O. The van der Waals surface area contributed by atoms with Gasteiger partial charge in [0.05, 0.1) is 6.07 Å². The van der Waals surface area contributed by atoms with Crippen molar-refractivity contribution < 1.29 is 14.7 Å². The number of aliphatic carboxylic acids is 1. The number of carboxylic acid groups (broad SMARTS) is 1. The van der Waals surface area contributed by atoms with Crippen LogP contribution in [0.15, 0.2) is 0 Å². The Bertz CT molecular complexity index is 374. The Morgan fingerprint density at radius 2 is 1.17 bits per heavy atom. The van der Waals surface area contributed by atoms with Crippen molar-refractivity contribution >= 4 is 11.8 Å². The van der Waals surface area contributed by atoms with Crippen LogP contribution >= 0.6 is 0 Å². The summed E-state index contributed by atoms with van der Waals surface area (Å²) in [5.74, 6) is -3.43. The van der Waals surface area contributed by atoms with Gasteiger partial charge in [0.25, 0.3) is 5.78 Å². The number of carbonyl (C=O) groups is 2. The Morgan fingerprint density at radius 3 is 1.50 bits per heavy atom. The maximum Gasteiger partial charge on any atom is 0.373 e. The first kappa shape index (κ1) is 22.6. The van der Waals surface area contributed by atoms with Gasteiger partial charge in [-0.3, -0.25) is 4.79 Å². The molecule has 0 rings (SSSR count). The van der Waals surface area contributed by atoms with E-state index in [0.29, 0.717) is 6.42 Å². The molecule has 0 aliphatic rings. The molecule has 0 aliphatic carbocycles. The lowest BCUT2D eigenvalue weighted by atomic mass is 9.97. The van der Waals surface area contributed by atoms with E-state index in [1.165, 1.54) is 70.6 Å². The van der Waals surface area contributed by atoms with Crippen LogP contribution in [-0.4, -0.2) is 16.9 Å². The zero-order valence-corrected chi connectivity index (χ0v) is 15.4. The molecular weight excluding hydrogens is 302 g/mol. The third-order valence-electron chi connectivity index (χ3n) is 4.53. The van der Waals surface area contributed by atoms with Crippen LogP contribution in [0.2, 0.25) is 0 Å². The fourth-order valence-corrected chi connectivity index (χ4v) is 2.95. The highest BCUT2D eigenvalue weighted by Gasteiger charge is 2.23. The number of nitrogens with zero attached hydrogens (tertiary/aromatic N) is 1. The molecule has 0 fully saturated rings. The predicted octanol–water partition coefficient (Wildman–Crippen LogP) is 5.65. The molecule has 1 unspecified atom stereocenters. The van der Waals surface area contributed by atoms with Crippen molar-refractivity contribution in [1.29, 1.82) is 5.26 Å². The maximum atomic E-state index is 11.2. The number of rotatable bonds is 17. The Balaban J connectivity index is 3.32. The molecular formula is C20H35NO3. The molecule has 0 aromatic rings. The van der Waals surface area contributed by atoms with Crippen molar-refractivity contribution in [2.45, 2.75) is 103 Å². The molecule has 0 radical (unpaired) electrons. The van der Waals surface area contributed by atoms with E-state index in [0.717, 1.165) is 19.3 Å². The smallest absolute Gasteiger partial charge is 0.373 e. The highest BCUT2D eigenvalue weighted by Crippen LogP contribution is 2.15. The number of Topliss-reactive ketones (excluding diaryl/α,β-unsaturated/α-hetero) is 1. The highest BCUT2D eigenvalue weighted by atomic mass is 16.4. The quantitative estimate of drug-likeness (QED) is 0.275. The van der Waals surface area contributed by atoms with Crippen molar-refractivity contribution in [3.05, 3.63) is 0 Å². The molecule has 1 atom stereocenters. The summed E-state index contributed by atoms with van der Waals surface area (Å²) < 4.78 is 0. The van der Waals surface area contributed by atoms with Crippen molar-refractivity contribution in [2.75, 3.05) is 0 Å². The number of carbonyl (C=O) groups excluding carboxylic acids is 1. The summed E-state index contributed by atoms with van der Waals surface area (Å²) in [7, 11) is 0. The minimum absolute atomic E-state index is 0.375. The average Bonchev–Trinajstić information content (AvgIpc) is 2.58. The van der Waals surface area contributed by atoms with Gasteiger partial charge in [-0.2, -0.15) is 5.26 Å². The number of nitriles is 1. The van der Waals surface area contributed by atoms with Crippen LogP contribution in [0.25, 0.3) is 0 Å². The highest BCUT2D eigenvalue weighted by molar-refractivity contribution is 6.34. The van der Waals surface area contributed by atoms with Gasteiger partial charge in [-0.1, -0.05) is 96.8 Å². The first-order valence-corrected chi connectivity index (χ1v) is 9.80. The molecule has 0 bridgehead atoms. The average molecular weight is 338 g/mol. The molecule has 24 heavy (non-hydrogen) atoms. The maximum absolute atomic E-state index is 11.2. The van der Waals surface area contributed by atoms with E-state index in [4.69, 9.17) is 10.4 Å².